The summed E-state index contributed by atoms with van der Waals surface area (Å²) in [6.07, 6.45) is 0. The van der Waals surface area contributed by atoms with Crippen LogP contribution in [0.25, 0.3) is 0 Å². The highest BCUT2D eigenvalue weighted by Gasteiger charge is 2.26. The Balaban J connectivity index is 2.59. The van der Waals surface area contributed by atoms with Crippen molar-refractivity contribution in [2.75, 3.05) is 13.6 Å². The van der Waals surface area contributed by atoms with Gasteiger partial charge in [0.2, 0.25) is 0 Å². The first kappa shape index (κ1) is 17.0. The lowest BCUT2D eigenvalue weighted by Gasteiger charge is -2.24. The van der Waals surface area contributed by atoms with Gasteiger partial charge in [0.25, 0.3) is 0 Å². The van der Waals surface area contributed by atoms with E-state index in [0.29, 0.717) is 6.54 Å². The summed E-state index contributed by atoms with van der Waals surface area (Å²) in [4.78, 5) is 25.5. The quantitative estimate of drug-likeness (QED) is 0.819. The molecule has 0 bridgehead atoms. The van der Waals surface area contributed by atoms with E-state index < -0.39 is 12.0 Å². The Morgan fingerprint density at radius 2 is 1.86 bits per heavy atom. The number of rotatable bonds is 6. The normalized spacial score (nSPS) is 11.9. The maximum absolute atomic E-state index is 12.1. The number of carbonyl (C=O) groups excluding carboxylic acids is 2. The number of esters is 1. The van der Waals surface area contributed by atoms with Gasteiger partial charge in [-0.15, -0.1) is 0 Å². The summed E-state index contributed by atoms with van der Waals surface area (Å²) >= 11 is 0. The van der Waals surface area contributed by atoms with Gasteiger partial charge in [-0.3, -0.25) is 0 Å². The topological polar surface area (TPSA) is 58.6 Å². The van der Waals surface area contributed by atoms with Crippen LogP contribution in [0.5, 0.6) is 0 Å². The molecule has 116 valence electrons. The van der Waals surface area contributed by atoms with E-state index in [1.165, 1.54) is 4.90 Å². The van der Waals surface area contributed by atoms with Gasteiger partial charge in [0.1, 0.15) is 12.6 Å². The molecular weight excluding hydrogens is 268 g/mol. The molecule has 0 aliphatic heterocycles. The van der Waals surface area contributed by atoms with Crippen molar-refractivity contribution in [2.45, 2.75) is 33.4 Å². The predicted octanol–water partition coefficient (Wildman–Crippen LogP) is 2.42. The van der Waals surface area contributed by atoms with E-state index in [2.05, 4.69) is 5.32 Å². The van der Waals surface area contributed by atoms with Crippen LogP contribution in [0.3, 0.4) is 0 Å². The lowest BCUT2D eigenvalue weighted by Crippen LogP contribution is -2.49. The number of benzene rings is 1. The van der Waals surface area contributed by atoms with Crippen LogP contribution in [0, 0.1) is 5.92 Å². The zero-order valence-corrected chi connectivity index (χ0v) is 13.1. The molecule has 1 rings (SSSR count). The molecule has 0 aliphatic carbocycles. The first-order valence-corrected chi connectivity index (χ1v) is 7.17. The Labute approximate surface area is 126 Å². The number of nitrogens with zero attached hydrogens (tertiary/aromatic N) is 1. The number of carbonyl (C=O) groups is 2. The molecule has 0 radical (unpaired) electrons. The molecule has 1 atom stereocenters. The van der Waals surface area contributed by atoms with E-state index in [-0.39, 0.29) is 18.6 Å². The number of urea groups is 1. The van der Waals surface area contributed by atoms with Crippen LogP contribution in [0.15, 0.2) is 30.3 Å². The fourth-order valence-electron chi connectivity index (χ4n) is 1.70. The van der Waals surface area contributed by atoms with Crippen molar-refractivity contribution in [1.82, 2.24) is 10.2 Å². The first-order valence-electron chi connectivity index (χ1n) is 7.17. The van der Waals surface area contributed by atoms with E-state index in [1.807, 2.05) is 51.1 Å². The molecule has 0 fully saturated rings. The number of hydrogen-bond acceptors (Lipinski definition) is 3. The van der Waals surface area contributed by atoms with Crippen LogP contribution in [0.2, 0.25) is 0 Å². The van der Waals surface area contributed by atoms with Crippen LogP contribution >= 0.6 is 0 Å². The minimum absolute atomic E-state index is 0.0394. The SMILES string of the molecule is CCN(C)C(=O)N[C@H](C(=O)OCc1ccccc1)C(C)C. The second kappa shape index (κ2) is 8.29. The van der Waals surface area contributed by atoms with Gasteiger partial charge in [0.05, 0.1) is 0 Å². The zero-order chi connectivity index (χ0) is 15.8. The molecule has 1 aromatic rings. The van der Waals surface area contributed by atoms with E-state index in [4.69, 9.17) is 4.74 Å². The van der Waals surface area contributed by atoms with Crippen molar-refractivity contribution in [3.8, 4) is 0 Å². The molecule has 0 heterocycles. The zero-order valence-electron chi connectivity index (χ0n) is 13.1. The minimum atomic E-state index is -0.643. The Hall–Kier alpha value is -2.04. The molecule has 0 spiro atoms. The molecule has 0 aliphatic rings. The van der Waals surface area contributed by atoms with Gasteiger partial charge in [-0.2, -0.15) is 0 Å². The summed E-state index contributed by atoms with van der Waals surface area (Å²) in [6.45, 7) is 6.41. The molecule has 5 nitrogen and oxygen atoms in total. The van der Waals surface area contributed by atoms with Gasteiger partial charge in [-0.1, -0.05) is 44.2 Å². The van der Waals surface area contributed by atoms with Crippen molar-refractivity contribution in [2.24, 2.45) is 5.92 Å². The van der Waals surface area contributed by atoms with E-state index >= 15 is 0 Å². The molecular formula is C16H24N2O3. The molecule has 0 saturated carbocycles. The summed E-state index contributed by atoms with van der Waals surface area (Å²) in [7, 11) is 1.68. The van der Waals surface area contributed by atoms with Gasteiger partial charge in [0.15, 0.2) is 0 Å². The van der Waals surface area contributed by atoms with Gasteiger partial charge in [-0.05, 0) is 18.4 Å². The lowest BCUT2D eigenvalue weighted by molar-refractivity contribution is -0.148. The van der Waals surface area contributed by atoms with Crippen molar-refractivity contribution in [3.05, 3.63) is 35.9 Å². The molecule has 1 aromatic carbocycles. The Morgan fingerprint density at radius 1 is 1.24 bits per heavy atom. The number of nitrogens with one attached hydrogen (secondary N) is 1. The fraction of sp³-hybridized carbons (Fsp3) is 0.500. The lowest BCUT2D eigenvalue weighted by atomic mass is 10.1. The van der Waals surface area contributed by atoms with Crippen LogP contribution in [0.4, 0.5) is 4.79 Å². The third kappa shape index (κ3) is 5.45. The van der Waals surface area contributed by atoms with Crippen LogP contribution in [-0.2, 0) is 16.1 Å². The first-order chi connectivity index (χ1) is 9.95. The van der Waals surface area contributed by atoms with Gasteiger partial charge in [-0.25, -0.2) is 9.59 Å². The van der Waals surface area contributed by atoms with Crippen molar-refractivity contribution in [3.63, 3.8) is 0 Å². The summed E-state index contributed by atoms with van der Waals surface area (Å²) in [5, 5.41) is 2.72. The molecule has 0 saturated heterocycles. The largest absolute Gasteiger partial charge is 0.459 e. The number of ether oxygens (including phenoxy) is 1. The average molecular weight is 292 g/mol. The minimum Gasteiger partial charge on any atom is -0.459 e. The smallest absolute Gasteiger partial charge is 0.329 e. The maximum Gasteiger partial charge on any atom is 0.329 e. The van der Waals surface area contributed by atoms with Crippen molar-refractivity contribution >= 4 is 12.0 Å². The molecule has 0 aromatic heterocycles. The summed E-state index contributed by atoms with van der Waals surface area (Å²) in [6, 6.07) is 8.55. The summed E-state index contributed by atoms with van der Waals surface area (Å²) in [5.74, 6) is -0.450. The third-order valence-corrected chi connectivity index (χ3v) is 3.24. The average Bonchev–Trinajstić information content (AvgIpc) is 2.49. The molecule has 5 heteroatoms. The standard InChI is InChI=1S/C16H24N2O3/c1-5-18(4)16(20)17-14(12(2)3)15(19)21-11-13-9-7-6-8-10-13/h6-10,12,14H,5,11H2,1-4H3,(H,17,20)/t14-/m0/s1. The third-order valence-electron chi connectivity index (χ3n) is 3.24. The van der Waals surface area contributed by atoms with Crippen molar-refractivity contribution in [1.29, 1.82) is 0 Å². The van der Waals surface area contributed by atoms with E-state index in [1.54, 1.807) is 7.05 Å². The molecule has 2 amide bonds. The Morgan fingerprint density at radius 3 is 2.38 bits per heavy atom. The fourth-order valence-corrected chi connectivity index (χ4v) is 1.70. The Bertz CT molecular complexity index is 460. The summed E-state index contributed by atoms with van der Waals surface area (Å²) in [5.41, 5.74) is 0.922. The maximum atomic E-state index is 12.1. The van der Waals surface area contributed by atoms with Crippen LogP contribution in [0.1, 0.15) is 26.3 Å². The van der Waals surface area contributed by atoms with E-state index in [0.717, 1.165) is 5.56 Å². The van der Waals surface area contributed by atoms with E-state index in [9.17, 15) is 9.59 Å². The highest BCUT2D eigenvalue weighted by Crippen LogP contribution is 2.08. The second-order valence-corrected chi connectivity index (χ2v) is 5.28. The predicted molar refractivity (Wildman–Crippen MR) is 81.7 cm³/mol. The van der Waals surface area contributed by atoms with Crippen LogP contribution in [-0.4, -0.2) is 36.5 Å². The van der Waals surface area contributed by atoms with Crippen molar-refractivity contribution < 1.29 is 14.3 Å². The van der Waals surface area contributed by atoms with Gasteiger partial charge in [0, 0.05) is 13.6 Å². The number of amides is 2. The highest BCUT2D eigenvalue weighted by molar-refractivity contribution is 5.83. The second-order valence-electron chi connectivity index (χ2n) is 5.28. The van der Waals surface area contributed by atoms with Crippen LogP contribution < -0.4 is 5.32 Å². The molecule has 1 N–H and O–H groups in total. The number of hydrogen-bond donors (Lipinski definition) is 1. The van der Waals surface area contributed by atoms with Gasteiger partial charge < -0.3 is 15.0 Å². The van der Waals surface area contributed by atoms with Gasteiger partial charge >= 0.3 is 12.0 Å². The summed E-state index contributed by atoms with van der Waals surface area (Å²) < 4.78 is 5.29. The highest BCUT2D eigenvalue weighted by atomic mass is 16.5. The Kier molecular flexibility index (Phi) is 6.72. The molecule has 0 unspecified atom stereocenters. The molecule has 21 heavy (non-hydrogen) atoms. The monoisotopic (exact) mass is 292 g/mol.